The van der Waals surface area contributed by atoms with E-state index in [1.54, 1.807) is 0 Å². The van der Waals surface area contributed by atoms with Crippen molar-refractivity contribution in [1.29, 1.82) is 0 Å². The highest BCUT2D eigenvalue weighted by molar-refractivity contribution is 7.92. The number of thiophene rings is 1. The Morgan fingerprint density at radius 1 is 1.47 bits per heavy atom. The van der Waals surface area contributed by atoms with Gasteiger partial charge >= 0.3 is 5.69 Å². The van der Waals surface area contributed by atoms with Gasteiger partial charge in [-0.3, -0.25) is 10.1 Å². The van der Waals surface area contributed by atoms with Crippen LogP contribution in [0.5, 0.6) is 0 Å². The van der Waals surface area contributed by atoms with E-state index in [1.165, 1.54) is 0 Å². The zero-order chi connectivity index (χ0) is 14.4. The quantitative estimate of drug-likeness (QED) is 0.604. The van der Waals surface area contributed by atoms with Gasteiger partial charge in [-0.25, -0.2) is 8.42 Å². The number of rotatable bonds is 4. The molecule has 0 N–H and O–H groups in total. The van der Waals surface area contributed by atoms with Crippen molar-refractivity contribution < 1.29 is 13.3 Å². The van der Waals surface area contributed by atoms with Crippen molar-refractivity contribution in [3.05, 3.63) is 16.2 Å². The van der Waals surface area contributed by atoms with Crippen molar-refractivity contribution in [1.82, 2.24) is 4.90 Å². The first-order chi connectivity index (χ1) is 8.70. The molecule has 0 unspecified atom stereocenters. The lowest BCUT2D eigenvalue weighted by Crippen LogP contribution is -2.57. The van der Waals surface area contributed by atoms with Crippen molar-refractivity contribution in [2.45, 2.75) is 10.3 Å². The molecule has 0 aromatic carbocycles. The normalized spacial score (nSPS) is 16.7. The summed E-state index contributed by atoms with van der Waals surface area (Å²) in [6.45, 7) is 1.36. The van der Waals surface area contributed by atoms with Crippen molar-refractivity contribution in [3.63, 3.8) is 0 Å². The number of nitrogens with zero attached hydrogens (tertiary/aromatic N) is 3. The molecule has 1 aliphatic rings. The maximum Gasteiger partial charge on any atom is 0.305 e. The number of hydrogen-bond donors (Lipinski definition) is 0. The van der Waals surface area contributed by atoms with E-state index in [4.69, 9.17) is 0 Å². The van der Waals surface area contributed by atoms with E-state index >= 15 is 0 Å². The van der Waals surface area contributed by atoms with Gasteiger partial charge in [0, 0.05) is 31.5 Å². The highest BCUT2D eigenvalue weighted by Gasteiger charge is 2.35. The van der Waals surface area contributed by atoms with Crippen LogP contribution in [0.15, 0.2) is 10.3 Å². The molecule has 1 aromatic heterocycles. The van der Waals surface area contributed by atoms with Crippen LogP contribution in [0.2, 0.25) is 0 Å². The fourth-order valence-electron chi connectivity index (χ4n) is 1.84. The van der Waals surface area contributed by atoms with E-state index in [0.29, 0.717) is 24.1 Å². The summed E-state index contributed by atoms with van der Waals surface area (Å²) in [7, 11) is 0.494. The number of nitro groups is 1. The van der Waals surface area contributed by atoms with Crippen LogP contribution >= 0.6 is 11.3 Å². The first-order valence-corrected chi connectivity index (χ1v) is 8.30. The Kier molecular flexibility index (Phi) is 3.54. The monoisotopic (exact) mass is 305 g/mol. The standard InChI is InChI=1S/C10H15N3O4S2/c1-11(2)7-5-12(6-7)10-8(13(14)15)4-9(18-10)19(3,16)17/h4,7H,5-6H2,1-3H3. The number of hydrogen-bond acceptors (Lipinski definition) is 7. The first-order valence-electron chi connectivity index (χ1n) is 5.60. The molecule has 0 bridgehead atoms. The second kappa shape index (κ2) is 4.73. The van der Waals surface area contributed by atoms with Crippen LogP contribution in [-0.4, -0.2) is 57.7 Å². The summed E-state index contributed by atoms with van der Waals surface area (Å²) in [5, 5.41) is 11.4. The van der Waals surface area contributed by atoms with Gasteiger partial charge in [-0.1, -0.05) is 11.3 Å². The van der Waals surface area contributed by atoms with Crippen LogP contribution in [0.1, 0.15) is 0 Å². The van der Waals surface area contributed by atoms with Crippen LogP contribution in [0, 0.1) is 10.1 Å². The van der Waals surface area contributed by atoms with Crippen molar-refractivity contribution in [3.8, 4) is 0 Å². The molecule has 9 heteroatoms. The second-order valence-electron chi connectivity index (χ2n) is 4.81. The number of likely N-dealkylation sites (N-methyl/N-ethyl adjacent to an activating group) is 1. The average molecular weight is 305 g/mol. The van der Waals surface area contributed by atoms with Gasteiger partial charge in [0.25, 0.3) is 0 Å². The van der Waals surface area contributed by atoms with Crippen molar-refractivity contribution in [2.24, 2.45) is 0 Å². The van der Waals surface area contributed by atoms with Crippen LogP contribution in [0.4, 0.5) is 10.7 Å². The van der Waals surface area contributed by atoms with Gasteiger partial charge in [-0.2, -0.15) is 0 Å². The van der Waals surface area contributed by atoms with E-state index in [1.807, 2.05) is 23.9 Å². The van der Waals surface area contributed by atoms with Gasteiger partial charge in [0.2, 0.25) is 0 Å². The number of anilines is 1. The summed E-state index contributed by atoms with van der Waals surface area (Å²) in [6.07, 6.45) is 1.06. The maximum atomic E-state index is 11.5. The maximum absolute atomic E-state index is 11.5. The minimum Gasteiger partial charge on any atom is -0.354 e. The SMILES string of the molecule is CN(C)C1CN(c2sc(S(C)(=O)=O)cc2[N+](=O)[O-])C1. The van der Waals surface area contributed by atoms with Crippen LogP contribution in [0.25, 0.3) is 0 Å². The van der Waals surface area contributed by atoms with Crippen molar-refractivity contribution >= 4 is 31.9 Å². The van der Waals surface area contributed by atoms with Crippen molar-refractivity contribution in [2.75, 3.05) is 38.3 Å². The zero-order valence-electron chi connectivity index (χ0n) is 10.9. The Morgan fingerprint density at radius 2 is 2.05 bits per heavy atom. The third kappa shape index (κ3) is 2.72. The summed E-state index contributed by atoms with van der Waals surface area (Å²) < 4.78 is 23.0. The van der Waals surface area contributed by atoms with E-state index in [-0.39, 0.29) is 9.90 Å². The van der Waals surface area contributed by atoms with E-state index in [2.05, 4.69) is 0 Å². The molecule has 0 amide bonds. The molecule has 2 rings (SSSR count). The summed E-state index contributed by atoms with van der Waals surface area (Å²) in [5.74, 6) is 0. The molecule has 1 saturated heterocycles. The fourth-order valence-corrected chi connectivity index (χ4v) is 3.88. The summed E-state index contributed by atoms with van der Waals surface area (Å²) in [5.41, 5.74) is -0.123. The van der Waals surface area contributed by atoms with Crippen LogP contribution in [-0.2, 0) is 9.84 Å². The Labute approximate surface area is 115 Å². The molecule has 0 saturated carbocycles. The fraction of sp³-hybridized carbons (Fsp3) is 0.600. The lowest BCUT2D eigenvalue weighted by atomic mass is 10.1. The first kappa shape index (κ1) is 14.2. The molecule has 19 heavy (non-hydrogen) atoms. The molecule has 2 heterocycles. The van der Waals surface area contributed by atoms with Crippen LogP contribution < -0.4 is 4.90 Å². The molecule has 1 fully saturated rings. The topological polar surface area (TPSA) is 83.8 Å². The Hall–Kier alpha value is -1.19. The zero-order valence-corrected chi connectivity index (χ0v) is 12.5. The molecular weight excluding hydrogens is 290 g/mol. The summed E-state index contributed by atoms with van der Waals surface area (Å²) in [6, 6.07) is 1.50. The predicted molar refractivity (Wildman–Crippen MR) is 73.8 cm³/mol. The van der Waals surface area contributed by atoms with Gasteiger partial charge in [-0.15, -0.1) is 0 Å². The highest BCUT2D eigenvalue weighted by Crippen LogP contribution is 2.41. The largest absolute Gasteiger partial charge is 0.354 e. The predicted octanol–water partition coefficient (Wildman–Crippen LogP) is 0.810. The Balaban J connectivity index is 2.31. The molecule has 7 nitrogen and oxygen atoms in total. The highest BCUT2D eigenvalue weighted by atomic mass is 32.2. The third-order valence-corrected chi connectivity index (χ3v) is 6.10. The van der Waals surface area contributed by atoms with E-state index < -0.39 is 14.8 Å². The summed E-state index contributed by atoms with van der Waals surface area (Å²) >= 11 is 0.970. The van der Waals surface area contributed by atoms with E-state index in [0.717, 1.165) is 23.7 Å². The molecule has 0 radical (unpaired) electrons. The molecule has 0 spiro atoms. The molecule has 106 valence electrons. The van der Waals surface area contributed by atoms with Gasteiger partial charge < -0.3 is 9.80 Å². The molecule has 0 aliphatic carbocycles. The minimum absolute atomic E-state index is 0.0440. The Bertz CT molecular complexity index is 602. The molecular formula is C10H15N3O4S2. The lowest BCUT2D eigenvalue weighted by molar-refractivity contribution is -0.383. The molecule has 1 aromatic rings. The van der Waals surface area contributed by atoms with Gasteiger partial charge in [0.05, 0.1) is 4.92 Å². The average Bonchev–Trinajstić information content (AvgIpc) is 2.58. The molecule has 1 aliphatic heterocycles. The molecule has 0 atom stereocenters. The van der Waals surface area contributed by atoms with Crippen LogP contribution in [0.3, 0.4) is 0 Å². The second-order valence-corrected chi connectivity index (χ2v) is 8.08. The Morgan fingerprint density at radius 3 is 2.47 bits per heavy atom. The minimum atomic E-state index is -3.41. The third-order valence-electron chi connectivity index (χ3n) is 3.11. The smallest absolute Gasteiger partial charge is 0.305 e. The van der Waals surface area contributed by atoms with Gasteiger partial charge in [-0.05, 0) is 14.1 Å². The van der Waals surface area contributed by atoms with Gasteiger partial charge in [0.15, 0.2) is 14.8 Å². The lowest BCUT2D eigenvalue weighted by Gasteiger charge is -2.43. The van der Waals surface area contributed by atoms with E-state index in [9.17, 15) is 18.5 Å². The van der Waals surface area contributed by atoms with Gasteiger partial charge in [0.1, 0.15) is 4.21 Å². The summed E-state index contributed by atoms with van der Waals surface area (Å²) in [4.78, 5) is 14.4. The number of sulfone groups is 1.